The van der Waals surface area contributed by atoms with E-state index < -0.39 is 14.9 Å². The number of hydrogen-bond donors (Lipinski definition) is 1. The van der Waals surface area contributed by atoms with Crippen molar-refractivity contribution in [3.63, 3.8) is 0 Å². The van der Waals surface area contributed by atoms with Gasteiger partial charge in [-0.05, 0) is 62.7 Å². The highest BCUT2D eigenvalue weighted by Crippen LogP contribution is 2.30. The van der Waals surface area contributed by atoms with Gasteiger partial charge >= 0.3 is 10.1 Å². The molecular weight excluding hydrogens is 426 g/mol. The molecule has 158 valence electrons. The number of nitrogens with zero attached hydrogens (tertiary/aromatic N) is 2. The van der Waals surface area contributed by atoms with Crippen LogP contribution in [0.25, 0.3) is 0 Å². The molecule has 0 saturated carbocycles. The summed E-state index contributed by atoms with van der Waals surface area (Å²) in [5.74, 6) is 0.595. The van der Waals surface area contributed by atoms with E-state index in [1.54, 1.807) is 38.1 Å². The second kappa shape index (κ2) is 8.88. The van der Waals surface area contributed by atoms with Crippen LogP contribution in [0.4, 0.5) is 0 Å². The van der Waals surface area contributed by atoms with Gasteiger partial charge in [-0.2, -0.15) is 13.5 Å². The van der Waals surface area contributed by atoms with Gasteiger partial charge in [-0.15, -0.1) is 5.10 Å². The predicted molar refractivity (Wildman–Crippen MR) is 117 cm³/mol. The maximum Gasteiger partial charge on any atom is 0.339 e. The van der Waals surface area contributed by atoms with E-state index in [-0.39, 0.29) is 16.6 Å². The lowest BCUT2D eigenvalue weighted by Gasteiger charge is -2.08. The van der Waals surface area contributed by atoms with E-state index >= 15 is 0 Å². The Kier molecular flexibility index (Phi) is 6.47. The van der Waals surface area contributed by atoms with Gasteiger partial charge in [0.2, 0.25) is 5.91 Å². The third-order valence-electron chi connectivity index (χ3n) is 3.96. The van der Waals surface area contributed by atoms with Crippen LogP contribution in [0.5, 0.6) is 11.5 Å². The van der Waals surface area contributed by atoms with Crippen molar-refractivity contribution in [1.29, 1.82) is 0 Å². The van der Waals surface area contributed by atoms with Crippen LogP contribution in [0.15, 0.2) is 63.6 Å². The maximum absolute atomic E-state index is 12.5. The van der Waals surface area contributed by atoms with Gasteiger partial charge in [-0.25, -0.2) is 0 Å². The van der Waals surface area contributed by atoms with Crippen molar-refractivity contribution in [3.8, 4) is 11.5 Å². The predicted octanol–water partition coefficient (Wildman–Crippen LogP) is 3.18. The van der Waals surface area contributed by atoms with Gasteiger partial charge in [0.25, 0.3) is 0 Å². The lowest BCUT2D eigenvalue weighted by molar-refractivity contribution is -0.120. The van der Waals surface area contributed by atoms with Gasteiger partial charge in [0.1, 0.15) is 16.4 Å². The van der Waals surface area contributed by atoms with Crippen molar-refractivity contribution in [1.82, 2.24) is 5.32 Å². The SMILES string of the molecule is CCOc1ccc(S(=O)(=O)Oc2cccc(C=N/N=C3/NC(=O)C(C)(C)S3)c2)cc1. The Hall–Kier alpha value is -2.85. The third kappa shape index (κ3) is 5.39. The summed E-state index contributed by atoms with van der Waals surface area (Å²) in [7, 11) is -3.99. The highest BCUT2D eigenvalue weighted by Gasteiger charge is 2.38. The molecule has 1 heterocycles. The van der Waals surface area contributed by atoms with Crippen molar-refractivity contribution in [2.45, 2.75) is 30.4 Å². The highest BCUT2D eigenvalue weighted by molar-refractivity contribution is 8.16. The van der Waals surface area contributed by atoms with Gasteiger partial charge in [0.05, 0.1) is 17.6 Å². The Morgan fingerprint density at radius 3 is 2.50 bits per heavy atom. The quantitative estimate of drug-likeness (QED) is 0.397. The minimum absolute atomic E-state index is 0.0213. The van der Waals surface area contributed by atoms with Crippen LogP contribution >= 0.6 is 11.8 Å². The molecule has 1 N–H and O–H groups in total. The molecule has 1 aliphatic heterocycles. The zero-order valence-electron chi connectivity index (χ0n) is 16.7. The number of ether oxygens (including phenoxy) is 1. The van der Waals surface area contributed by atoms with Gasteiger partial charge in [-0.1, -0.05) is 23.9 Å². The normalized spacial score (nSPS) is 17.3. The first kappa shape index (κ1) is 21.8. The molecule has 2 aromatic carbocycles. The molecule has 30 heavy (non-hydrogen) atoms. The van der Waals surface area contributed by atoms with E-state index in [9.17, 15) is 13.2 Å². The van der Waals surface area contributed by atoms with Gasteiger partial charge in [-0.3, -0.25) is 4.79 Å². The van der Waals surface area contributed by atoms with E-state index in [2.05, 4.69) is 15.5 Å². The number of amides is 1. The lowest BCUT2D eigenvalue weighted by Crippen LogP contribution is -2.30. The molecule has 10 heteroatoms. The highest BCUT2D eigenvalue weighted by atomic mass is 32.2. The van der Waals surface area contributed by atoms with Crippen LogP contribution in [0, 0.1) is 0 Å². The Bertz CT molecular complexity index is 1090. The van der Waals surface area contributed by atoms with Crippen molar-refractivity contribution in [3.05, 3.63) is 54.1 Å². The molecule has 1 aliphatic rings. The first-order chi connectivity index (χ1) is 14.2. The van der Waals surface area contributed by atoms with Crippen molar-refractivity contribution < 1.29 is 22.1 Å². The van der Waals surface area contributed by atoms with Crippen molar-refractivity contribution >= 4 is 39.2 Å². The number of benzene rings is 2. The topological polar surface area (TPSA) is 106 Å². The van der Waals surface area contributed by atoms with E-state index in [0.29, 0.717) is 23.1 Å². The summed E-state index contributed by atoms with van der Waals surface area (Å²) in [5.41, 5.74) is 0.590. The Morgan fingerprint density at radius 2 is 1.87 bits per heavy atom. The van der Waals surface area contributed by atoms with Crippen LogP contribution in [-0.2, 0) is 14.9 Å². The first-order valence-electron chi connectivity index (χ1n) is 9.08. The fourth-order valence-corrected chi connectivity index (χ4v) is 4.23. The standard InChI is InChI=1S/C20H21N3O5S2/c1-4-27-15-8-10-17(11-9-15)30(25,26)28-16-7-5-6-14(12-16)13-21-23-19-22-18(24)20(2,3)29-19/h5-13H,4H2,1-3H3,(H,22,23,24). The number of thioether (sulfide) groups is 1. The van der Waals surface area contributed by atoms with Gasteiger partial charge < -0.3 is 14.2 Å². The second-order valence-electron chi connectivity index (χ2n) is 6.73. The fourth-order valence-electron chi connectivity index (χ4n) is 2.45. The van der Waals surface area contributed by atoms with Crippen molar-refractivity contribution in [2.75, 3.05) is 6.61 Å². The molecule has 0 spiro atoms. The summed E-state index contributed by atoms with van der Waals surface area (Å²) < 4.78 is 35.0. The summed E-state index contributed by atoms with van der Waals surface area (Å²) in [6.07, 6.45) is 1.45. The van der Waals surface area contributed by atoms with Crippen LogP contribution in [0.3, 0.4) is 0 Å². The molecule has 0 aliphatic carbocycles. The summed E-state index contributed by atoms with van der Waals surface area (Å²) in [6, 6.07) is 12.4. The molecule has 1 fully saturated rings. The van der Waals surface area contributed by atoms with Crippen LogP contribution in [-0.4, -0.2) is 37.1 Å². The molecule has 0 radical (unpaired) electrons. The molecule has 2 aromatic rings. The summed E-state index contributed by atoms with van der Waals surface area (Å²) in [6.45, 7) is 5.93. The van der Waals surface area contributed by atoms with Crippen LogP contribution in [0.1, 0.15) is 26.3 Å². The van der Waals surface area contributed by atoms with E-state index in [0.717, 1.165) is 0 Å². The number of carbonyl (C=O) groups excluding carboxylic acids is 1. The monoisotopic (exact) mass is 447 g/mol. The molecular formula is C20H21N3O5S2. The molecule has 1 saturated heterocycles. The largest absolute Gasteiger partial charge is 0.494 e. The number of carbonyl (C=O) groups is 1. The number of amidine groups is 1. The number of hydrogen-bond acceptors (Lipinski definition) is 8. The second-order valence-corrected chi connectivity index (χ2v) is 9.89. The molecule has 0 bridgehead atoms. The van der Waals surface area contributed by atoms with E-state index in [1.165, 1.54) is 42.2 Å². The molecule has 3 rings (SSSR count). The van der Waals surface area contributed by atoms with Crippen molar-refractivity contribution in [2.24, 2.45) is 10.2 Å². The van der Waals surface area contributed by atoms with Gasteiger partial charge in [0, 0.05) is 0 Å². The molecule has 8 nitrogen and oxygen atoms in total. The molecule has 1 amide bonds. The van der Waals surface area contributed by atoms with E-state index in [4.69, 9.17) is 8.92 Å². The summed E-state index contributed by atoms with van der Waals surface area (Å²) >= 11 is 1.29. The van der Waals surface area contributed by atoms with Crippen LogP contribution < -0.4 is 14.2 Å². The summed E-state index contributed by atoms with van der Waals surface area (Å²) in [5, 5.41) is 11.0. The fraction of sp³-hybridized carbons (Fsp3) is 0.250. The lowest BCUT2D eigenvalue weighted by atomic mass is 10.2. The maximum atomic E-state index is 12.5. The van der Waals surface area contributed by atoms with E-state index in [1.807, 2.05) is 6.92 Å². The zero-order chi connectivity index (χ0) is 21.8. The van der Waals surface area contributed by atoms with Gasteiger partial charge in [0.15, 0.2) is 5.17 Å². The Morgan fingerprint density at radius 1 is 1.13 bits per heavy atom. The Balaban J connectivity index is 1.70. The average molecular weight is 448 g/mol. The molecule has 0 atom stereocenters. The zero-order valence-corrected chi connectivity index (χ0v) is 18.3. The average Bonchev–Trinajstić information content (AvgIpc) is 2.94. The third-order valence-corrected chi connectivity index (χ3v) is 6.30. The Labute approximate surface area is 179 Å². The smallest absolute Gasteiger partial charge is 0.339 e. The summed E-state index contributed by atoms with van der Waals surface area (Å²) in [4.78, 5) is 11.8. The van der Waals surface area contributed by atoms with Crippen LogP contribution in [0.2, 0.25) is 0 Å². The minimum atomic E-state index is -3.99. The molecule has 0 aromatic heterocycles. The first-order valence-corrected chi connectivity index (χ1v) is 11.3. The number of nitrogens with one attached hydrogen (secondary N) is 1. The minimum Gasteiger partial charge on any atom is -0.494 e. The molecule has 0 unspecified atom stereocenters. The number of rotatable bonds is 7.